The van der Waals surface area contributed by atoms with Gasteiger partial charge in [-0.25, -0.2) is 0 Å². The number of rotatable bonds is 7. The van der Waals surface area contributed by atoms with Gasteiger partial charge >= 0.3 is 0 Å². The Labute approximate surface area is 78.1 Å². The van der Waals surface area contributed by atoms with Gasteiger partial charge in [0.25, 0.3) is 0 Å². The Kier molecular flexibility index (Phi) is 7.58. The molecule has 1 heteroatoms. The zero-order valence-electron chi connectivity index (χ0n) is 9.27. The summed E-state index contributed by atoms with van der Waals surface area (Å²) in [7, 11) is 2.23. The summed E-state index contributed by atoms with van der Waals surface area (Å²) in [5.74, 6) is 0.865. The van der Waals surface area contributed by atoms with E-state index in [9.17, 15) is 0 Å². The van der Waals surface area contributed by atoms with Crippen LogP contribution in [-0.4, -0.2) is 25.0 Å². The molecule has 0 amide bonds. The van der Waals surface area contributed by atoms with Gasteiger partial charge in [-0.2, -0.15) is 0 Å². The van der Waals surface area contributed by atoms with Gasteiger partial charge < -0.3 is 4.90 Å². The molecular formula is C11H25N. The second-order valence-corrected chi connectivity index (χ2v) is 4.19. The normalized spacial score (nSPS) is 11.5. The van der Waals surface area contributed by atoms with E-state index in [2.05, 4.69) is 32.7 Å². The molecule has 0 aliphatic carbocycles. The molecule has 0 N–H and O–H groups in total. The molecule has 0 aromatic carbocycles. The van der Waals surface area contributed by atoms with Gasteiger partial charge in [0.2, 0.25) is 0 Å². The average Bonchev–Trinajstić information content (AvgIpc) is 2.00. The summed E-state index contributed by atoms with van der Waals surface area (Å²) in [6.07, 6.45) is 5.39. The molecule has 74 valence electrons. The fraction of sp³-hybridized carbons (Fsp3) is 1.00. The predicted molar refractivity (Wildman–Crippen MR) is 56.5 cm³/mol. The van der Waals surface area contributed by atoms with Gasteiger partial charge in [-0.15, -0.1) is 0 Å². The molecule has 0 spiro atoms. The maximum atomic E-state index is 2.45. The standard InChI is InChI=1S/C11H25N/c1-5-6-9-12(4)10-7-8-11(2)3/h11H,5-10H2,1-4H3. The van der Waals surface area contributed by atoms with Gasteiger partial charge in [-0.05, 0) is 45.3 Å². The summed E-state index contributed by atoms with van der Waals surface area (Å²) < 4.78 is 0. The van der Waals surface area contributed by atoms with Crippen LogP contribution in [0.5, 0.6) is 0 Å². The predicted octanol–water partition coefficient (Wildman–Crippen LogP) is 3.15. The van der Waals surface area contributed by atoms with E-state index in [-0.39, 0.29) is 0 Å². The molecule has 0 unspecified atom stereocenters. The number of hydrogen-bond acceptors (Lipinski definition) is 1. The quantitative estimate of drug-likeness (QED) is 0.569. The highest BCUT2D eigenvalue weighted by molar-refractivity contribution is 4.53. The smallest absolute Gasteiger partial charge is 0.00217 e. The molecule has 0 heterocycles. The average molecular weight is 171 g/mol. The van der Waals surface area contributed by atoms with Crippen LogP contribution >= 0.6 is 0 Å². The van der Waals surface area contributed by atoms with E-state index < -0.39 is 0 Å². The molecule has 0 aliphatic rings. The van der Waals surface area contributed by atoms with Crippen LogP contribution in [0.2, 0.25) is 0 Å². The second kappa shape index (κ2) is 7.60. The third-order valence-corrected chi connectivity index (χ3v) is 2.21. The van der Waals surface area contributed by atoms with Crippen molar-refractivity contribution < 1.29 is 0 Å². The van der Waals surface area contributed by atoms with Crippen LogP contribution in [0.4, 0.5) is 0 Å². The van der Waals surface area contributed by atoms with Crippen molar-refractivity contribution >= 4 is 0 Å². The van der Waals surface area contributed by atoms with E-state index in [0.717, 1.165) is 5.92 Å². The van der Waals surface area contributed by atoms with Gasteiger partial charge in [0.05, 0.1) is 0 Å². The van der Waals surface area contributed by atoms with Crippen molar-refractivity contribution in [1.82, 2.24) is 4.90 Å². The van der Waals surface area contributed by atoms with E-state index in [4.69, 9.17) is 0 Å². The van der Waals surface area contributed by atoms with Crippen LogP contribution in [0.1, 0.15) is 46.5 Å². The molecule has 12 heavy (non-hydrogen) atoms. The fourth-order valence-electron chi connectivity index (χ4n) is 1.31. The second-order valence-electron chi connectivity index (χ2n) is 4.19. The maximum Gasteiger partial charge on any atom is -0.00217 e. The molecule has 0 aromatic heterocycles. The highest BCUT2D eigenvalue weighted by atomic mass is 15.1. The summed E-state index contributed by atoms with van der Waals surface area (Å²) in [6, 6.07) is 0. The molecule has 0 atom stereocenters. The van der Waals surface area contributed by atoms with E-state index in [1.54, 1.807) is 0 Å². The Balaban J connectivity index is 3.13. The van der Waals surface area contributed by atoms with Crippen molar-refractivity contribution in [2.75, 3.05) is 20.1 Å². The lowest BCUT2D eigenvalue weighted by Crippen LogP contribution is -2.21. The first-order valence-electron chi connectivity index (χ1n) is 5.35. The number of hydrogen-bond donors (Lipinski definition) is 0. The summed E-state index contributed by atoms with van der Waals surface area (Å²) in [6.45, 7) is 9.40. The Bertz CT molecular complexity index is 89.0. The van der Waals surface area contributed by atoms with Gasteiger partial charge in [-0.3, -0.25) is 0 Å². The van der Waals surface area contributed by atoms with Crippen LogP contribution in [0.3, 0.4) is 0 Å². The van der Waals surface area contributed by atoms with Crippen LogP contribution in [0.15, 0.2) is 0 Å². The van der Waals surface area contributed by atoms with Crippen molar-refractivity contribution in [1.29, 1.82) is 0 Å². The van der Waals surface area contributed by atoms with Crippen molar-refractivity contribution in [3.8, 4) is 0 Å². The Morgan fingerprint density at radius 3 is 2.17 bits per heavy atom. The summed E-state index contributed by atoms with van der Waals surface area (Å²) in [5.41, 5.74) is 0. The molecule has 1 nitrogen and oxygen atoms in total. The van der Waals surface area contributed by atoms with E-state index in [0.29, 0.717) is 0 Å². The van der Waals surface area contributed by atoms with E-state index >= 15 is 0 Å². The topological polar surface area (TPSA) is 3.24 Å². The SMILES string of the molecule is CCCCN(C)CCCC(C)C. The lowest BCUT2D eigenvalue weighted by atomic mass is 10.1. The van der Waals surface area contributed by atoms with E-state index in [1.807, 2.05) is 0 Å². The van der Waals surface area contributed by atoms with Gasteiger partial charge in [0.1, 0.15) is 0 Å². The minimum Gasteiger partial charge on any atom is -0.306 e. The highest BCUT2D eigenvalue weighted by Crippen LogP contribution is 2.04. The molecule has 0 saturated heterocycles. The minimum absolute atomic E-state index is 0.865. The molecule has 0 fully saturated rings. The molecule has 0 aliphatic heterocycles. The largest absolute Gasteiger partial charge is 0.306 e. The Hall–Kier alpha value is -0.0400. The van der Waals surface area contributed by atoms with Gasteiger partial charge in [0.15, 0.2) is 0 Å². The van der Waals surface area contributed by atoms with Crippen LogP contribution < -0.4 is 0 Å². The Morgan fingerprint density at radius 1 is 1.08 bits per heavy atom. The van der Waals surface area contributed by atoms with Crippen LogP contribution in [0.25, 0.3) is 0 Å². The van der Waals surface area contributed by atoms with Gasteiger partial charge in [0, 0.05) is 0 Å². The molecule has 0 bridgehead atoms. The number of nitrogens with zero attached hydrogens (tertiary/aromatic N) is 1. The van der Waals surface area contributed by atoms with Crippen molar-refractivity contribution in [2.24, 2.45) is 5.92 Å². The lowest BCUT2D eigenvalue weighted by molar-refractivity contribution is 0.312. The summed E-state index contributed by atoms with van der Waals surface area (Å²) in [4.78, 5) is 2.45. The molecule has 0 radical (unpaired) electrons. The highest BCUT2D eigenvalue weighted by Gasteiger charge is 1.98. The van der Waals surface area contributed by atoms with Crippen molar-refractivity contribution in [2.45, 2.75) is 46.5 Å². The Morgan fingerprint density at radius 2 is 1.67 bits per heavy atom. The molecule has 0 aromatic rings. The third-order valence-electron chi connectivity index (χ3n) is 2.21. The maximum absolute atomic E-state index is 2.45. The summed E-state index contributed by atoms with van der Waals surface area (Å²) >= 11 is 0. The van der Waals surface area contributed by atoms with Crippen LogP contribution in [0, 0.1) is 5.92 Å². The lowest BCUT2D eigenvalue weighted by Gasteiger charge is -2.16. The summed E-state index contributed by atoms with van der Waals surface area (Å²) in [5, 5.41) is 0. The van der Waals surface area contributed by atoms with Crippen LogP contribution in [-0.2, 0) is 0 Å². The first-order chi connectivity index (χ1) is 5.66. The zero-order chi connectivity index (χ0) is 9.40. The van der Waals surface area contributed by atoms with Crippen molar-refractivity contribution in [3.63, 3.8) is 0 Å². The third kappa shape index (κ3) is 8.06. The van der Waals surface area contributed by atoms with E-state index in [1.165, 1.54) is 38.8 Å². The number of unbranched alkanes of at least 4 members (excludes halogenated alkanes) is 1. The first kappa shape index (κ1) is 12.0. The van der Waals surface area contributed by atoms with Gasteiger partial charge in [-0.1, -0.05) is 27.2 Å². The first-order valence-corrected chi connectivity index (χ1v) is 5.35. The monoisotopic (exact) mass is 171 g/mol. The molecule has 0 saturated carbocycles. The fourth-order valence-corrected chi connectivity index (χ4v) is 1.31. The minimum atomic E-state index is 0.865. The van der Waals surface area contributed by atoms with Crippen molar-refractivity contribution in [3.05, 3.63) is 0 Å². The zero-order valence-corrected chi connectivity index (χ0v) is 9.27. The molecular weight excluding hydrogens is 146 g/mol. The molecule has 0 rings (SSSR count).